The van der Waals surface area contributed by atoms with Gasteiger partial charge in [-0.3, -0.25) is 0 Å². The molecule has 0 fully saturated rings. The van der Waals surface area contributed by atoms with Gasteiger partial charge in [-0.1, -0.05) is 61.7 Å². The van der Waals surface area contributed by atoms with Crippen LogP contribution in [0.1, 0.15) is 37.9 Å². The number of fused-ring (bicyclic) bond motifs is 1. The largest absolute Gasteiger partial charge is 0.388 e. The maximum absolute atomic E-state index is 10.2. The van der Waals surface area contributed by atoms with Crippen molar-refractivity contribution in [2.24, 2.45) is 0 Å². The summed E-state index contributed by atoms with van der Waals surface area (Å²) in [5, 5.41) is 13.0. The Kier molecular flexibility index (Phi) is 4.03. The van der Waals surface area contributed by atoms with E-state index in [1.165, 1.54) is 0 Å². The van der Waals surface area contributed by atoms with Crippen LogP contribution in [0, 0.1) is 0 Å². The monoisotopic (exact) mass is 248 g/mol. The molecule has 0 amide bonds. The van der Waals surface area contributed by atoms with E-state index in [0.717, 1.165) is 40.6 Å². The molecule has 1 N–H and O–H groups in total. The molecule has 0 saturated heterocycles. The third-order valence-corrected chi connectivity index (χ3v) is 3.42. The molecule has 17 heavy (non-hydrogen) atoms. The zero-order chi connectivity index (χ0) is 12.3. The van der Waals surface area contributed by atoms with Crippen molar-refractivity contribution < 1.29 is 5.11 Å². The topological polar surface area (TPSA) is 20.2 Å². The minimum atomic E-state index is -0.392. The van der Waals surface area contributed by atoms with Crippen molar-refractivity contribution in [2.45, 2.75) is 32.3 Å². The molecule has 2 rings (SSSR count). The van der Waals surface area contributed by atoms with Gasteiger partial charge in [-0.05, 0) is 23.4 Å². The Hall–Kier alpha value is -1.05. The molecule has 0 aliphatic rings. The van der Waals surface area contributed by atoms with Crippen molar-refractivity contribution >= 4 is 22.4 Å². The van der Waals surface area contributed by atoms with Crippen LogP contribution in [-0.4, -0.2) is 5.11 Å². The zero-order valence-corrected chi connectivity index (χ0v) is 10.7. The normalized spacial score (nSPS) is 12.9. The maximum atomic E-state index is 10.2. The summed E-state index contributed by atoms with van der Waals surface area (Å²) in [4.78, 5) is 0. The molecule has 2 aromatic rings. The summed E-state index contributed by atoms with van der Waals surface area (Å²) in [5.41, 5.74) is 0.985. The third kappa shape index (κ3) is 2.62. The first-order valence-electron chi connectivity index (χ1n) is 6.09. The minimum absolute atomic E-state index is 0.392. The summed E-state index contributed by atoms with van der Waals surface area (Å²) >= 11 is 6.16. The Balaban J connectivity index is 2.44. The van der Waals surface area contributed by atoms with Gasteiger partial charge in [-0.2, -0.15) is 0 Å². The van der Waals surface area contributed by atoms with E-state index in [4.69, 9.17) is 11.6 Å². The number of benzene rings is 2. The Morgan fingerprint density at radius 2 is 1.82 bits per heavy atom. The molecule has 0 aromatic heterocycles. The van der Waals surface area contributed by atoms with Crippen molar-refractivity contribution in [1.29, 1.82) is 0 Å². The first-order chi connectivity index (χ1) is 8.24. The van der Waals surface area contributed by atoms with Crippen LogP contribution in [0.2, 0.25) is 5.02 Å². The molecule has 0 heterocycles. The quantitative estimate of drug-likeness (QED) is 0.830. The second-order valence-electron chi connectivity index (χ2n) is 4.34. The SMILES string of the molecule is CCCCC(O)c1ccc(Cl)c2ccccc12. The van der Waals surface area contributed by atoms with E-state index in [9.17, 15) is 5.11 Å². The Labute approximate surface area is 107 Å². The number of halogens is 1. The molecule has 0 spiro atoms. The highest BCUT2D eigenvalue weighted by Gasteiger charge is 2.11. The minimum Gasteiger partial charge on any atom is -0.388 e. The Morgan fingerprint density at radius 3 is 2.53 bits per heavy atom. The number of aliphatic hydroxyl groups is 1. The summed E-state index contributed by atoms with van der Waals surface area (Å²) < 4.78 is 0. The van der Waals surface area contributed by atoms with E-state index < -0.39 is 6.10 Å². The summed E-state index contributed by atoms with van der Waals surface area (Å²) in [6.45, 7) is 2.13. The highest BCUT2D eigenvalue weighted by atomic mass is 35.5. The third-order valence-electron chi connectivity index (χ3n) is 3.09. The van der Waals surface area contributed by atoms with Crippen LogP contribution in [0.15, 0.2) is 36.4 Å². The van der Waals surface area contributed by atoms with Crippen LogP contribution in [0.3, 0.4) is 0 Å². The van der Waals surface area contributed by atoms with Crippen molar-refractivity contribution in [2.75, 3.05) is 0 Å². The van der Waals surface area contributed by atoms with Gasteiger partial charge in [-0.15, -0.1) is 0 Å². The predicted molar refractivity (Wildman–Crippen MR) is 73.4 cm³/mol. The molecule has 2 aromatic carbocycles. The molecule has 1 atom stereocenters. The highest BCUT2D eigenvalue weighted by Crippen LogP contribution is 2.31. The zero-order valence-electron chi connectivity index (χ0n) is 9.99. The molecule has 90 valence electrons. The molecule has 0 aliphatic carbocycles. The molecule has 1 nitrogen and oxygen atoms in total. The second-order valence-corrected chi connectivity index (χ2v) is 4.75. The van der Waals surface area contributed by atoms with Gasteiger partial charge in [0, 0.05) is 10.4 Å². The standard InChI is InChI=1S/C15H17ClO/c1-2-3-8-15(17)13-9-10-14(16)12-7-5-4-6-11(12)13/h4-7,9-10,15,17H,2-3,8H2,1H3. The van der Waals surface area contributed by atoms with Crippen LogP contribution >= 0.6 is 11.6 Å². The smallest absolute Gasteiger partial charge is 0.0796 e. The fourth-order valence-electron chi connectivity index (χ4n) is 2.13. The van der Waals surface area contributed by atoms with Crippen molar-refractivity contribution in [3.05, 3.63) is 47.0 Å². The molecule has 0 saturated carbocycles. The fourth-order valence-corrected chi connectivity index (χ4v) is 2.36. The molecule has 1 unspecified atom stereocenters. The average Bonchev–Trinajstić information content (AvgIpc) is 2.37. The van der Waals surface area contributed by atoms with Gasteiger partial charge in [-0.25, -0.2) is 0 Å². The lowest BCUT2D eigenvalue weighted by atomic mass is 9.97. The first kappa shape index (κ1) is 12.4. The second kappa shape index (κ2) is 5.52. The van der Waals surface area contributed by atoms with Crippen LogP contribution in [-0.2, 0) is 0 Å². The lowest BCUT2D eigenvalue weighted by molar-refractivity contribution is 0.166. The highest BCUT2D eigenvalue weighted by molar-refractivity contribution is 6.35. The summed E-state index contributed by atoms with van der Waals surface area (Å²) in [7, 11) is 0. The van der Waals surface area contributed by atoms with Gasteiger partial charge in [0.2, 0.25) is 0 Å². The van der Waals surface area contributed by atoms with Crippen LogP contribution in [0.25, 0.3) is 10.8 Å². The summed E-state index contributed by atoms with van der Waals surface area (Å²) in [6.07, 6.45) is 2.56. The van der Waals surface area contributed by atoms with Gasteiger partial charge in [0.05, 0.1) is 6.10 Å². The van der Waals surface area contributed by atoms with Crippen molar-refractivity contribution in [1.82, 2.24) is 0 Å². The summed E-state index contributed by atoms with van der Waals surface area (Å²) in [6, 6.07) is 11.8. The number of unbranched alkanes of at least 4 members (excludes halogenated alkanes) is 1. The number of rotatable bonds is 4. The van der Waals surface area contributed by atoms with E-state index in [0.29, 0.717) is 0 Å². The van der Waals surface area contributed by atoms with Crippen LogP contribution in [0.4, 0.5) is 0 Å². The molecule has 0 aliphatic heterocycles. The van der Waals surface area contributed by atoms with Crippen molar-refractivity contribution in [3.63, 3.8) is 0 Å². The number of hydrogen-bond donors (Lipinski definition) is 1. The fraction of sp³-hybridized carbons (Fsp3) is 0.333. The van der Waals surface area contributed by atoms with E-state index in [1.807, 2.05) is 36.4 Å². The lowest BCUT2D eigenvalue weighted by Gasteiger charge is -2.14. The van der Waals surface area contributed by atoms with E-state index in [-0.39, 0.29) is 0 Å². The van der Waals surface area contributed by atoms with E-state index in [1.54, 1.807) is 0 Å². The maximum Gasteiger partial charge on any atom is 0.0796 e. The van der Waals surface area contributed by atoms with Crippen molar-refractivity contribution in [3.8, 4) is 0 Å². The van der Waals surface area contributed by atoms with E-state index >= 15 is 0 Å². The van der Waals surface area contributed by atoms with Crippen LogP contribution in [0.5, 0.6) is 0 Å². The molecular formula is C15H17ClO. The average molecular weight is 249 g/mol. The van der Waals surface area contributed by atoms with Gasteiger partial charge >= 0.3 is 0 Å². The Bertz CT molecular complexity index is 507. The molecule has 0 bridgehead atoms. The van der Waals surface area contributed by atoms with Gasteiger partial charge in [0.15, 0.2) is 0 Å². The first-order valence-corrected chi connectivity index (χ1v) is 6.47. The Morgan fingerprint density at radius 1 is 1.12 bits per heavy atom. The van der Waals surface area contributed by atoms with Gasteiger partial charge in [0.1, 0.15) is 0 Å². The van der Waals surface area contributed by atoms with Gasteiger partial charge < -0.3 is 5.11 Å². The molecule has 2 heteroatoms. The lowest BCUT2D eigenvalue weighted by Crippen LogP contribution is -1.98. The van der Waals surface area contributed by atoms with Gasteiger partial charge in [0.25, 0.3) is 0 Å². The predicted octanol–water partition coefficient (Wildman–Crippen LogP) is 4.72. The molecular weight excluding hydrogens is 232 g/mol. The van der Waals surface area contributed by atoms with Crippen LogP contribution < -0.4 is 0 Å². The summed E-state index contributed by atoms with van der Waals surface area (Å²) in [5.74, 6) is 0. The number of aliphatic hydroxyl groups excluding tert-OH is 1. The molecule has 0 radical (unpaired) electrons. The van der Waals surface area contributed by atoms with E-state index in [2.05, 4.69) is 6.92 Å². The number of hydrogen-bond acceptors (Lipinski definition) is 1.